The Morgan fingerprint density at radius 2 is 2.12 bits per heavy atom. The second-order valence-electron chi connectivity index (χ2n) is 6.51. The molecule has 0 radical (unpaired) electrons. The van der Waals surface area contributed by atoms with Crippen molar-refractivity contribution < 1.29 is 9.13 Å². The molecule has 0 bridgehead atoms. The van der Waals surface area contributed by atoms with Gasteiger partial charge in [0.1, 0.15) is 11.6 Å². The van der Waals surface area contributed by atoms with Gasteiger partial charge in [-0.3, -0.25) is 4.79 Å². The molecule has 2 aromatic rings. The van der Waals surface area contributed by atoms with Crippen molar-refractivity contribution in [3.05, 3.63) is 63.8 Å². The van der Waals surface area contributed by atoms with E-state index < -0.39 is 0 Å². The van der Waals surface area contributed by atoms with Crippen LogP contribution in [0.2, 0.25) is 0 Å². The second-order valence-corrected chi connectivity index (χ2v) is 6.51. The number of pyridine rings is 1. The van der Waals surface area contributed by atoms with Crippen LogP contribution in [-0.2, 0) is 0 Å². The van der Waals surface area contributed by atoms with Crippen LogP contribution < -0.4 is 15.6 Å². The Morgan fingerprint density at radius 3 is 2.83 bits per heavy atom. The first-order valence-electron chi connectivity index (χ1n) is 8.34. The molecule has 1 unspecified atom stereocenters. The quantitative estimate of drug-likeness (QED) is 0.882. The van der Waals surface area contributed by atoms with Crippen LogP contribution in [0.3, 0.4) is 0 Å². The molecule has 3 rings (SSSR count). The van der Waals surface area contributed by atoms with Gasteiger partial charge in [0.05, 0.1) is 7.11 Å². The smallest absolute Gasteiger partial charge is 0.247 e. The highest BCUT2D eigenvalue weighted by Gasteiger charge is 2.27. The number of nitrogens with one attached hydrogen (secondary N) is 2. The number of hydrogen-bond acceptors (Lipinski definition) is 3. The molecule has 128 valence electrons. The first-order valence-corrected chi connectivity index (χ1v) is 8.34. The Morgan fingerprint density at radius 1 is 1.29 bits per heavy atom. The normalized spacial score (nSPS) is 21.6. The van der Waals surface area contributed by atoms with Gasteiger partial charge < -0.3 is 15.0 Å². The fourth-order valence-electron chi connectivity index (χ4n) is 3.51. The second kappa shape index (κ2) is 7.18. The number of rotatable bonds is 5. The first kappa shape index (κ1) is 16.7. The summed E-state index contributed by atoms with van der Waals surface area (Å²) in [5.41, 5.74) is 2.00. The van der Waals surface area contributed by atoms with Gasteiger partial charge in [0, 0.05) is 30.4 Å². The van der Waals surface area contributed by atoms with E-state index in [0.29, 0.717) is 17.7 Å². The maximum atomic E-state index is 13.7. The Bertz CT molecular complexity index is 739. The molecule has 0 aliphatic heterocycles. The monoisotopic (exact) mass is 330 g/mol. The van der Waals surface area contributed by atoms with E-state index in [1.807, 2.05) is 25.3 Å². The summed E-state index contributed by atoms with van der Waals surface area (Å²) in [5.74, 6) is 0.709. The van der Waals surface area contributed by atoms with Gasteiger partial charge in [-0.15, -0.1) is 0 Å². The van der Waals surface area contributed by atoms with E-state index in [1.165, 1.54) is 11.6 Å². The van der Waals surface area contributed by atoms with E-state index in [2.05, 4.69) is 10.3 Å². The first-order chi connectivity index (χ1) is 11.5. The van der Waals surface area contributed by atoms with E-state index in [4.69, 9.17) is 4.74 Å². The number of methoxy groups -OCH3 is 1. The molecule has 0 saturated heterocycles. The molecular formula is C19H23FN2O2. The number of halogens is 1. The molecule has 1 aromatic heterocycles. The molecule has 1 aromatic carbocycles. The fourth-order valence-corrected chi connectivity index (χ4v) is 3.51. The summed E-state index contributed by atoms with van der Waals surface area (Å²) in [5, 5.41) is 3.59. The maximum absolute atomic E-state index is 13.7. The molecule has 4 nitrogen and oxygen atoms in total. The van der Waals surface area contributed by atoms with Crippen LogP contribution in [0.15, 0.2) is 41.3 Å². The number of benzene rings is 1. The number of ether oxygens (including phenoxy) is 1. The largest absolute Gasteiger partial charge is 0.497 e. The van der Waals surface area contributed by atoms with E-state index in [0.717, 1.165) is 24.8 Å². The van der Waals surface area contributed by atoms with E-state index in [-0.39, 0.29) is 17.4 Å². The van der Waals surface area contributed by atoms with Crippen LogP contribution in [0, 0.1) is 5.82 Å². The number of aromatic nitrogens is 1. The van der Waals surface area contributed by atoms with Crippen molar-refractivity contribution in [1.82, 2.24) is 10.3 Å². The summed E-state index contributed by atoms with van der Waals surface area (Å²) in [6.45, 7) is 2.04. The van der Waals surface area contributed by atoms with Gasteiger partial charge in [-0.1, -0.05) is 6.07 Å². The van der Waals surface area contributed by atoms with E-state index >= 15 is 0 Å². The number of hydrogen-bond donors (Lipinski definition) is 2. The fraction of sp³-hybridized carbons (Fsp3) is 0.421. The van der Waals surface area contributed by atoms with Gasteiger partial charge in [-0.25, -0.2) is 4.39 Å². The average Bonchev–Trinajstić information content (AvgIpc) is 3.03. The molecule has 0 amide bonds. The predicted octanol–water partition coefficient (Wildman–Crippen LogP) is 3.51. The Labute approximate surface area is 141 Å². The van der Waals surface area contributed by atoms with Gasteiger partial charge in [-0.2, -0.15) is 0 Å². The molecule has 1 aliphatic rings. The van der Waals surface area contributed by atoms with Crippen LogP contribution in [0.1, 0.15) is 49.3 Å². The molecule has 3 atom stereocenters. The van der Waals surface area contributed by atoms with Crippen molar-refractivity contribution in [1.29, 1.82) is 0 Å². The minimum absolute atomic E-state index is 0.0499. The zero-order chi connectivity index (χ0) is 17.1. The topological polar surface area (TPSA) is 54.1 Å². The molecule has 24 heavy (non-hydrogen) atoms. The minimum Gasteiger partial charge on any atom is -0.497 e. The molecule has 1 aliphatic carbocycles. The summed E-state index contributed by atoms with van der Waals surface area (Å²) >= 11 is 0. The molecule has 1 fully saturated rings. The third-order valence-corrected chi connectivity index (χ3v) is 4.83. The van der Waals surface area contributed by atoms with Gasteiger partial charge >= 0.3 is 0 Å². The van der Waals surface area contributed by atoms with Crippen LogP contribution in [-0.4, -0.2) is 18.1 Å². The molecule has 2 N–H and O–H groups in total. The summed E-state index contributed by atoms with van der Waals surface area (Å²) in [6.07, 6.45) is 4.99. The Hall–Kier alpha value is -2.14. The molecule has 1 heterocycles. The molecule has 5 heteroatoms. The third-order valence-electron chi connectivity index (χ3n) is 4.83. The van der Waals surface area contributed by atoms with Crippen molar-refractivity contribution in [3.8, 4) is 5.75 Å². The lowest BCUT2D eigenvalue weighted by atomic mass is 9.99. The Balaban J connectivity index is 1.63. The van der Waals surface area contributed by atoms with Gasteiger partial charge in [0.25, 0.3) is 0 Å². The van der Waals surface area contributed by atoms with Crippen LogP contribution in [0.25, 0.3) is 0 Å². The number of aromatic amines is 1. The molecule has 1 saturated carbocycles. The van der Waals surface area contributed by atoms with Crippen LogP contribution in [0.4, 0.5) is 4.39 Å². The minimum atomic E-state index is -0.282. The van der Waals surface area contributed by atoms with Crippen molar-refractivity contribution in [2.75, 3.05) is 7.11 Å². The zero-order valence-corrected chi connectivity index (χ0v) is 14.0. The predicted molar refractivity (Wildman–Crippen MR) is 91.9 cm³/mol. The summed E-state index contributed by atoms with van der Waals surface area (Å²) < 4.78 is 18.8. The zero-order valence-electron chi connectivity index (χ0n) is 14.0. The highest BCUT2D eigenvalue weighted by Crippen LogP contribution is 2.35. The third kappa shape index (κ3) is 3.85. The molecule has 0 spiro atoms. The van der Waals surface area contributed by atoms with Gasteiger partial charge in [-0.05, 0) is 55.4 Å². The summed E-state index contributed by atoms with van der Waals surface area (Å²) in [6, 6.07) is 8.73. The van der Waals surface area contributed by atoms with Gasteiger partial charge in [0.2, 0.25) is 5.56 Å². The van der Waals surface area contributed by atoms with Crippen LogP contribution >= 0.6 is 0 Å². The van der Waals surface area contributed by atoms with E-state index in [1.54, 1.807) is 19.2 Å². The lowest BCUT2D eigenvalue weighted by Crippen LogP contribution is -2.29. The van der Waals surface area contributed by atoms with Crippen molar-refractivity contribution >= 4 is 0 Å². The molecular weight excluding hydrogens is 307 g/mol. The van der Waals surface area contributed by atoms with Crippen molar-refractivity contribution in [2.45, 2.75) is 44.2 Å². The summed E-state index contributed by atoms with van der Waals surface area (Å²) in [7, 11) is 1.54. The lowest BCUT2D eigenvalue weighted by Gasteiger charge is -2.21. The summed E-state index contributed by atoms with van der Waals surface area (Å²) in [4.78, 5) is 13.9. The maximum Gasteiger partial charge on any atom is 0.247 e. The average molecular weight is 330 g/mol. The highest BCUT2D eigenvalue weighted by atomic mass is 19.1. The van der Waals surface area contributed by atoms with Crippen molar-refractivity contribution in [3.63, 3.8) is 0 Å². The van der Waals surface area contributed by atoms with Crippen molar-refractivity contribution in [2.24, 2.45) is 0 Å². The Kier molecular flexibility index (Phi) is 5.00. The van der Waals surface area contributed by atoms with Crippen LogP contribution in [0.5, 0.6) is 5.75 Å². The SMILES string of the molecule is COc1cc(F)cc([C@@H](C)NC2CC[C@H](c3ccc(=O)[nH]c3)C2)c1. The lowest BCUT2D eigenvalue weighted by molar-refractivity contribution is 0.407. The standard InChI is InChI=1S/C19H23FN2O2/c1-12(15-7-16(20)10-18(9-15)24-2)22-17-5-3-13(8-17)14-4-6-19(23)21-11-14/h4,6-7,9-13,17,22H,3,5,8H2,1-2H3,(H,21,23)/t12-,13+,17?/m1/s1. The van der Waals surface area contributed by atoms with Gasteiger partial charge in [0.15, 0.2) is 0 Å². The highest BCUT2D eigenvalue weighted by molar-refractivity contribution is 5.31. The van der Waals surface area contributed by atoms with E-state index in [9.17, 15) is 9.18 Å². The number of H-pyrrole nitrogens is 1.